The number of ether oxygens (including phenoxy) is 1. The van der Waals surface area contributed by atoms with Crippen molar-refractivity contribution in [2.24, 2.45) is 0 Å². The van der Waals surface area contributed by atoms with Crippen molar-refractivity contribution >= 4 is 49.9 Å². The summed E-state index contributed by atoms with van der Waals surface area (Å²) in [6.07, 6.45) is 1.35. The topological polar surface area (TPSA) is 140 Å². The molecule has 1 aromatic heterocycles. The highest BCUT2D eigenvalue weighted by Gasteiger charge is 2.18. The molecule has 9 nitrogen and oxygen atoms in total. The summed E-state index contributed by atoms with van der Waals surface area (Å²) in [4.78, 5) is 29.2. The minimum Gasteiger partial charge on any atom is -0.462 e. The summed E-state index contributed by atoms with van der Waals surface area (Å²) >= 11 is 0. The molecule has 0 aliphatic carbocycles. The van der Waals surface area contributed by atoms with Gasteiger partial charge in [0.05, 0.1) is 22.7 Å². The Hall–Kier alpha value is -4.44. The van der Waals surface area contributed by atoms with Crippen molar-refractivity contribution in [1.29, 1.82) is 0 Å². The van der Waals surface area contributed by atoms with E-state index in [2.05, 4.69) is 15.0 Å². The number of nitrogens with zero attached hydrogens (tertiary/aromatic N) is 1. The molecule has 0 unspecified atom stereocenters. The van der Waals surface area contributed by atoms with Gasteiger partial charge in [0.15, 0.2) is 0 Å². The first-order chi connectivity index (χ1) is 16.8. The lowest BCUT2D eigenvalue weighted by Crippen LogP contribution is -2.16. The van der Waals surface area contributed by atoms with Crippen LogP contribution in [0.15, 0.2) is 83.9 Å². The molecule has 0 spiro atoms. The molecule has 0 saturated heterocycles. The van der Waals surface area contributed by atoms with Gasteiger partial charge in [0.1, 0.15) is 5.56 Å². The summed E-state index contributed by atoms with van der Waals surface area (Å²) in [7, 11) is -3.89. The molecule has 178 valence electrons. The number of nitrogens with one attached hydrogen (secondary N) is 2. The van der Waals surface area contributed by atoms with Gasteiger partial charge in [0.25, 0.3) is 15.9 Å². The maximum atomic E-state index is 12.9. The van der Waals surface area contributed by atoms with Gasteiger partial charge in [-0.05, 0) is 55.5 Å². The number of nitrogen functional groups attached to an aromatic ring is 1. The number of anilines is 3. The number of amides is 1. The van der Waals surface area contributed by atoms with Crippen LogP contribution in [0.3, 0.4) is 0 Å². The third kappa shape index (κ3) is 5.22. The lowest BCUT2D eigenvalue weighted by Gasteiger charge is -2.11. The van der Waals surface area contributed by atoms with Crippen LogP contribution >= 0.6 is 0 Å². The highest BCUT2D eigenvalue weighted by Crippen LogP contribution is 2.27. The van der Waals surface area contributed by atoms with E-state index in [1.807, 2.05) is 0 Å². The normalized spacial score (nSPS) is 11.1. The fourth-order valence-electron chi connectivity index (χ4n) is 3.39. The van der Waals surface area contributed by atoms with Crippen LogP contribution in [0.5, 0.6) is 0 Å². The summed E-state index contributed by atoms with van der Waals surface area (Å²) in [5.74, 6) is -1.11. The van der Waals surface area contributed by atoms with Crippen molar-refractivity contribution < 1.29 is 22.7 Å². The summed E-state index contributed by atoms with van der Waals surface area (Å²) in [5, 5.41) is 3.20. The fraction of sp³-hybridized carbons (Fsp3) is 0.0800. The SMILES string of the molecule is CCOC(=O)c1cnc2ccc(NC(=O)c3cccc(S(=O)(=O)Nc4ccccc4)c3)cc2c1N. The number of carbonyl (C=O) groups excluding carboxylic acids is 2. The Labute approximate surface area is 202 Å². The molecule has 35 heavy (non-hydrogen) atoms. The summed E-state index contributed by atoms with van der Waals surface area (Å²) in [5.41, 5.74) is 7.97. The minimum absolute atomic E-state index is 0.0555. The van der Waals surface area contributed by atoms with E-state index < -0.39 is 21.9 Å². The Bertz CT molecular complexity index is 1520. The van der Waals surface area contributed by atoms with Gasteiger partial charge in [0.2, 0.25) is 0 Å². The lowest BCUT2D eigenvalue weighted by atomic mass is 10.1. The molecule has 0 radical (unpaired) electrons. The van der Waals surface area contributed by atoms with Crippen LogP contribution in [0, 0.1) is 0 Å². The van der Waals surface area contributed by atoms with Crippen LogP contribution in [0.4, 0.5) is 17.1 Å². The molecular weight excluding hydrogens is 468 g/mol. The Balaban J connectivity index is 1.58. The lowest BCUT2D eigenvalue weighted by molar-refractivity contribution is 0.0527. The Kier molecular flexibility index (Phi) is 6.65. The molecule has 0 aliphatic heterocycles. The van der Waals surface area contributed by atoms with Crippen molar-refractivity contribution in [3.05, 3.63) is 90.1 Å². The number of para-hydroxylation sites is 1. The standard InChI is InChI=1S/C25H22N4O5S/c1-2-34-25(31)21-15-27-22-12-11-18(14-20(22)23(21)26)28-24(30)16-7-6-10-19(13-16)35(32,33)29-17-8-4-3-5-9-17/h3-15,29H,2H2,1H3,(H2,26,27)(H,28,30). The first-order valence-electron chi connectivity index (χ1n) is 10.6. The number of esters is 1. The van der Waals surface area contributed by atoms with Gasteiger partial charge in [-0.25, -0.2) is 13.2 Å². The van der Waals surface area contributed by atoms with E-state index in [1.54, 1.807) is 55.5 Å². The van der Waals surface area contributed by atoms with Crippen LogP contribution in [0.1, 0.15) is 27.6 Å². The first kappa shape index (κ1) is 23.7. The highest BCUT2D eigenvalue weighted by molar-refractivity contribution is 7.92. The largest absolute Gasteiger partial charge is 0.462 e. The van der Waals surface area contributed by atoms with E-state index in [0.717, 1.165) is 0 Å². The molecule has 1 heterocycles. The molecule has 4 rings (SSSR count). The number of hydrogen-bond donors (Lipinski definition) is 3. The van der Waals surface area contributed by atoms with E-state index in [1.165, 1.54) is 30.5 Å². The van der Waals surface area contributed by atoms with E-state index in [0.29, 0.717) is 22.3 Å². The molecule has 0 fully saturated rings. The number of benzene rings is 3. The van der Waals surface area contributed by atoms with Gasteiger partial charge >= 0.3 is 5.97 Å². The monoisotopic (exact) mass is 490 g/mol. The number of nitrogens with two attached hydrogens (primary N) is 1. The molecule has 10 heteroatoms. The van der Waals surface area contributed by atoms with E-state index in [4.69, 9.17) is 10.5 Å². The van der Waals surface area contributed by atoms with Gasteiger partial charge in [-0.15, -0.1) is 0 Å². The number of hydrogen-bond acceptors (Lipinski definition) is 7. The predicted molar refractivity (Wildman–Crippen MR) is 134 cm³/mol. The van der Waals surface area contributed by atoms with Gasteiger partial charge in [-0.3, -0.25) is 14.5 Å². The van der Waals surface area contributed by atoms with Crippen molar-refractivity contribution in [1.82, 2.24) is 4.98 Å². The fourth-order valence-corrected chi connectivity index (χ4v) is 4.49. The van der Waals surface area contributed by atoms with Crippen LogP contribution < -0.4 is 15.8 Å². The van der Waals surface area contributed by atoms with Crippen molar-refractivity contribution in [2.75, 3.05) is 22.4 Å². The molecular formula is C25H22N4O5S. The summed E-state index contributed by atoms with van der Waals surface area (Å²) < 4.78 is 33.0. The molecule has 0 saturated carbocycles. The first-order valence-corrected chi connectivity index (χ1v) is 12.1. The van der Waals surface area contributed by atoms with Gasteiger partial charge < -0.3 is 15.8 Å². The number of fused-ring (bicyclic) bond motifs is 1. The molecule has 1 amide bonds. The smallest absolute Gasteiger partial charge is 0.341 e. The van der Waals surface area contributed by atoms with E-state index in [9.17, 15) is 18.0 Å². The number of pyridine rings is 1. The average Bonchev–Trinajstić information content (AvgIpc) is 2.85. The number of carbonyl (C=O) groups is 2. The van der Waals surface area contributed by atoms with Gasteiger partial charge in [-0.1, -0.05) is 24.3 Å². The van der Waals surface area contributed by atoms with Crippen molar-refractivity contribution in [2.45, 2.75) is 11.8 Å². The van der Waals surface area contributed by atoms with E-state index in [-0.39, 0.29) is 28.3 Å². The highest BCUT2D eigenvalue weighted by atomic mass is 32.2. The third-order valence-corrected chi connectivity index (χ3v) is 6.47. The molecule has 0 aliphatic rings. The van der Waals surface area contributed by atoms with Crippen LogP contribution in [-0.2, 0) is 14.8 Å². The zero-order valence-electron chi connectivity index (χ0n) is 18.7. The maximum Gasteiger partial charge on any atom is 0.341 e. The predicted octanol–water partition coefficient (Wildman–Crippen LogP) is 4.05. The number of rotatable bonds is 7. The van der Waals surface area contributed by atoms with Crippen molar-refractivity contribution in [3.8, 4) is 0 Å². The zero-order chi connectivity index (χ0) is 25.0. The van der Waals surface area contributed by atoms with Crippen LogP contribution in [-0.4, -0.2) is 31.9 Å². The molecule has 0 atom stereocenters. The van der Waals surface area contributed by atoms with Crippen molar-refractivity contribution in [3.63, 3.8) is 0 Å². The molecule has 0 bridgehead atoms. The average molecular weight is 491 g/mol. The number of sulfonamides is 1. The second-order valence-electron chi connectivity index (χ2n) is 7.49. The summed E-state index contributed by atoms with van der Waals surface area (Å²) in [6, 6.07) is 19.0. The summed E-state index contributed by atoms with van der Waals surface area (Å²) in [6.45, 7) is 1.89. The Morgan fingerprint density at radius 3 is 2.49 bits per heavy atom. The Morgan fingerprint density at radius 1 is 0.971 bits per heavy atom. The maximum absolute atomic E-state index is 12.9. The molecule has 4 aromatic rings. The van der Waals surface area contributed by atoms with E-state index >= 15 is 0 Å². The van der Waals surface area contributed by atoms with Crippen LogP contribution in [0.25, 0.3) is 10.9 Å². The minimum atomic E-state index is -3.89. The van der Waals surface area contributed by atoms with Crippen LogP contribution in [0.2, 0.25) is 0 Å². The second kappa shape index (κ2) is 9.82. The Morgan fingerprint density at radius 2 is 1.74 bits per heavy atom. The number of aromatic nitrogens is 1. The zero-order valence-corrected chi connectivity index (χ0v) is 19.5. The second-order valence-corrected chi connectivity index (χ2v) is 9.17. The third-order valence-electron chi connectivity index (χ3n) is 5.10. The quantitative estimate of drug-likeness (QED) is 0.332. The molecule has 4 N–H and O–H groups in total. The van der Waals surface area contributed by atoms with Gasteiger partial charge in [0, 0.05) is 28.5 Å². The molecule has 3 aromatic carbocycles. The van der Waals surface area contributed by atoms with Gasteiger partial charge in [-0.2, -0.15) is 0 Å².